The Kier molecular flexibility index (Phi) is 7.07. The molecule has 2 unspecified atom stereocenters. The molecule has 2 heteroatoms. The van der Waals surface area contributed by atoms with E-state index in [9.17, 15) is 4.79 Å². The number of carbonyl (C=O) groups is 1. The van der Waals surface area contributed by atoms with Crippen molar-refractivity contribution in [1.29, 1.82) is 0 Å². The largest absolute Gasteiger partial charge is 0.458 e. The summed E-state index contributed by atoms with van der Waals surface area (Å²) in [6.07, 6.45) is 11.4. The highest BCUT2D eigenvalue weighted by atomic mass is 16.5. The molecule has 0 heterocycles. The Labute approximate surface area is 112 Å². The average Bonchev–Trinajstić information content (AvgIpc) is 2.39. The molecule has 0 radical (unpaired) electrons. The lowest BCUT2D eigenvalue weighted by molar-refractivity contribution is -0.151. The van der Waals surface area contributed by atoms with Gasteiger partial charge in [-0.2, -0.15) is 0 Å². The van der Waals surface area contributed by atoms with Gasteiger partial charge in [0, 0.05) is 0 Å². The van der Waals surface area contributed by atoms with Gasteiger partial charge in [0.05, 0.1) is 5.92 Å². The second-order valence-electron chi connectivity index (χ2n) is 5.46. The van der Waals surface area contributed by atoms with Crippen LogP contribution in [0.4, 0.5) is 0 Å². The van der Waals surface area contributed by atoms with Gasteiger partial charge in [-0.15, -0.1) is 0 Å². The number of carbonyl (C=O) groups excluding carboxylic acids is 1. The average molecular weight is 252 g/mol. The summed E-state index contributed by atoms with van der Waals surface area (Å²) in [5, 5.41) is 0. The van der Waals surface area contributed by atoms with E-state index < -0.39 is 0 Å². The SMILES string of the molecule is CCCC(C=C1CCCCC1)OC(=O)C(C)CC. The number of ether oxygens (including phenoxy) is 1. The van der Waals surface area contributed by atoms with Crippen molar-refractivity contribution in [1.82, 2.24) is 0 Å². The van der Waals surface area contributed by atoms with Crippen LogP contribution in [0.1, 0.15) is 72.1 Å². The zero-order valence-electron chi connectivity index (χ0n) is 12.2. The minimum absolute atomic E-state index is 0.00426. The van der Waals surface area contributed by atoms with Gasteiger partial charge in [-0.1, -0.05) is 39.2 Å². The van der Waals surface area contributed by atoms with Crippen molar-refractivity contribution >= 4 is 5.97 Å². The third-order valence-electron chi connectivity index (χ3n) is 3.77. The molecule has 0 spiro atoms. The summed E-state index contributed by atoms with van der Waals surface area (Å²) in [5.41, 5.74) is 1.50. The molecule has 18 heavy (non-hydrogen) atoms. The summed E-state index contributed by atoms with van der Waals surface area (Å²) in [6, 6.07) is 0. The first kappa shape index (κ1) is 15.3. The summed E-state index contributed by atoms with van der Waals surface area (Å²) in [4.78, 5) is 11.8. The summed E-state index contributed by atoms with van der Waals surface area (Å²) >= 11 is 0. The van der Waals surface area contributed by atoms with Gasteiger partial charge in [-0.3, -0.25) is 4.79 Å². The minimum Gasteiger partial charge on any atom is -0.458 e. The zero-order chi connectivity index (χ0) is 13.4. The minimum atomic E-state index is -0.0383. The lowest BCUT2D eigenvalue weighted by Gasteiger charge is -2.20. The second-order valence-corrected chi connectivity index (χ2v) is 5.46. The molecule has 1 rings (SSSR count). The quantitative estimate of drug-likeness (QED) is 0.508. The van der Waals surface area contributed by atoms with Crippen LogP contribution in [-0.2, 0) is 9.53 Å². The lowest BCUT2D eigenvalue weighted by atomic mass is 9.93. The maximum atomic E-state index is 11.8. The molecule has 2 atom stereocenters. The first-order chi connectivity index (χ1) is 8.67. The fourth-order valence-corrected chi connectivity index (χ4v) is 2.33. The molecule has 0 saturated heterocycles. The van der Waals surface area contributed by atoms with Crippen molar-refractivity contribution in [2.45, 2.75) is 78.2 Å². The third-order valence-corrected chi connectivity index (χ3v) is 3.77. The van der Waals surface area contributed by atoms with E-state index in [1.54, 1.807) is 0 Å². The van der Waals surface area contributed by atoms with Crippen molar-refractivity contribution in [2.24, 2.45) is 5.92 Å². The normalized spacial score (nSPS) is 19.2. The predicted molar refractivity (Wildman–Crippen MR) is 75.4 cm³/mol. The highest BCUT2D eigenvalue weighted by Gasteiger charge is 2.17. The van der Waals surface area contributed by atoms with E-state index in [2.05, 4.69) is 13.0 Å². The third kappa shape index (κ3) is 5.24. The fraction of sp³-hybridized carbons (Fsp3) is 0.812. The number of hydrogen-bond donors (Lipinski definition) is 0. The number of allylic oxidation sites excluding steroid dienone is 1. The molecule has 1 fully saturated rings. The molecule has 0 amide bonds. The van der Waals surface area contributed by atoms with E-state index in [-0.39, 0.29) is 18.0 Å². The first-order valence-corrected chi connectivity index (χ1v) is 7.57. The van der Waals surface area contributed by atoms with Crippen LogP contribution in [0.2, 0.25) is 0 Å². The van der Waals surface area contributed by atoms with Crippen LogP contribution in [0, 0.1) is 5.92 Å². The smallest absolute Gasteiger partial charge is 0.309 e. The molecular weight excluding hydrogens is 224 g/mol. The Morgan fingerprint density at radius 2 is 1.94 bits per heavy atom. The number of rotatable bonds is 6. The van der Waals surface area contributed by atoms with E-state index in [4.69, 9.17) is 4.74 Å². The van der Waals surface area contributed by atoms with Crippen LogP contribution in [0.15, 0.2) is 11.6 Å². The van der Waals surface area contributed by atoms with Crippen LogP contribution in [0.25, 0.3) is 0 Å². The molecule has 1 aliphatic rings. The second kappa shape index (κ2) is 8.34. The standard InChI is InChI=1S/C16H28O2/c1-4-9-15(18-16(17)13(3)5-2)12-14-10-7-6-8-11-14/h12-13,15H,4-11H2,1-3H3. The summed E-state index contributed by atoms with van der Waals surface area (Å²) in [7, 11) is 0. The molecule has 2 nitrogen and oxygen atoms in total. The molecule has 1 saturated carbocycles. The van der Waals surface area contributed by atoms with Gasteiger partial charge in [-0.05, 0) is 44.6 Å². The van der Waals surface area contributed by atoms with Gasteiger partial charge >= 0.3 is 5.97 Å². The molecule has 104 valence electrons. The fourth-order valence-electron chi connectivity index (χ4n) is 2.33. The molecule has 0 N–H and O–H groups in total. The Hall–Kier alpha value is -0.790. The van der Waals surface area contributed by atoms with Crippen molar-refractivity contribution in [2.75, 3.05) is 0 Å². The topological polar surface area (TPSA) is 26.3 Å². The van der Waals surface area contributed by atoms with Crippen molar-refractivity contribution in [3.63, 3.8) is 0 Å². The van der Waals surface area contributed by atoms with Crippen LogP contribution in [-0.4, -0.2) is 12.1 Å². The zero-order valence-corrected chi connectivity index (χ0v) is 12.2. The maximum absolute atomic E-state index is 11.8. The van der Waals surface area contributed by atoms with Gasteiger partial charge in [0.25, 0.3) is 0 Å². The van der Waals surface area contributed by atoms with Crippen LogP contribution >= 0.6 is 0 Å². The molecule has 0 aromatic carbocycles. The Morgan fingerprint density at radius 3 is 2.50 bits per heavy atom. The van der Waals surface area contributed by atoms with Crippen molar-refractivity contribution in [3.05, 3.63) is 11.6 Å². The van der Waals surface area contributed by atoms with Gasteiger partial charge in [0.15, 0.2) is 0 Å². The first-order valence-electron chi connectivity index (χ1n) is 7.57. The van der Waals surface area contributed by atoms with Gasteiger partial charge in [-0.25, -0.2) is 0 Å². The van der Waals surface area contributed by atoms with Gasteiger partial charge < -0.3 is 4.74 Å². The summed E-state index contributed by atoms with van der Waals surface area (Å²) < 4.78 is 5.63. The van der Waals surface area contributed by atoms with E-state index >= 15 is 0 Å². The molecule has 0 aliphatic heterocycles. The van der Waals surface area contributed by atoms with Gasteiger partial charge in [0.2, 0.25) is 0 Å². The maximum Gasteiger partial charge on any atom is 0.309 e. The molecular formula is C16H28O2. The van der Waals surface area contributed by atoms with Crippen LogP contribution < -0.4 is 0 Å². The summed E-state index contributed by atoms with van der Waals surface area (Å²) in [5.74, 6) is -0.0160. The monoisotopic (exact) mass is 252 g/mol. The van der Waals surface area contributed by atoms with E-state index in [0.29, 0.717) is 0 Å². The lowest BCUT2D eigenvalue weighted by Crippen LogP contribution is -2.21. The molecule has 0 bridgehead atoms. The Bertz CT molecular complexity index is 273. The summed E-state index contributed by atoms with van der Waals surface area (Å²) in [6.45, 7) is 6.11. The van der Waals surface area contributed by atoms with Gasteiger partial charge in [0.1, 0.15) is 6.10 Å². The van der Waals surface area contributed by atoms with Crippen molar-refractivity contribution < 1.29 is 9.53 Å². The molecule has 0 aromatic rings. The predicted octanol–water partition coefficient (Wildman–Crippen LogP) is 4.63. The molecule has 0 aromatic heterocycles. The van der Waals surface area contributed by atoms with Crippen molar-refractivity contribution in [3.8, 4) is 0 Å². The Morgan fingerprint density at radius 1 is 1.28 bits per heavy atom. The molecule has 1 aliphatic carbocycles. The van der Waals surface area contributed by atoms with E-state index in [0.717, 1.165) is 19.3 Å². The van der Waals surface area contributed by atoms with Crippen LogP contribution in [0.5, 0.6) is 0 Å². The van der Waals surface area contributed by atoms with E-state index in [1.807, 2.05) is 13.8 Å². The highest BCUT2D eigenvalue weighted by molar-refractivity contribution is 5.72. The highest BCUT2D eigenvalue weighted by Crippen LogP contribution is 2.24. The Balaban J connectivity index is 2.55. The number of esters is 1. The van der Waals surface area contributed by atoms with Crippen LogP contribution in [0.3, 0.4) is 0 Å². The van der Waals surface area contributed by atoms with E-state index in [1.165, 1.54) is 37.7 Å². The number of hydrogen-bond acceptors (Lipinski definition) is 2.